The maximum atomic E-state index is 6.09. The molecule has 0 fully saturated rings. The normalized spacial score (nSPS) is 11.7. The van der Waals surface area contributed by atoms with Gasteiger partial charge in [-0.3, -0.25) is 11.3 Å². The molecule has 1 unspecified atom stereocenters. The first-order valence-corrected chi connectivity index (χ1v) is 5.36. The number of terminal acetylenes is 1. The summed E-state index contributed by atoms with van der Waals surface area (Å²) in [7, 11) is 3.08. The van der Waals surface area contributed by atoms with Crippen LogP contribution in [0.2, 0.25) is 5.02 Å². The van der Waals surface area contributed by atoms with Crippen molar-refractivity contribution < 1.29 is 9.47 Å². The molecule has 17 heavy (non-hydrogen) atoms. The van der Waals surface area contributed by atoms with Crippen molar-refractivity contribution >= 4 is 11.6 Å². The largest absolute Gasteiger partial charge is 0.493 e. The zero-order valence-corrected chi connectivity index (χ0v) is 10.5. The molecular formula is C12H15ClN2O2. The molecule has 92 valence electrons. The molecule has 0 amide bonds. The fraction of sp³-hybridized carbons (Fsp3) is 0.333. The molecule has 1 aromatic rings. The van der Waals surface area contributed by atoms with Gasteiger partial charge in [0.1, 0.15) is 0 Å². The molecule has 0 spiro atoms. The van der Waals surface area contributed by atoms with Crippen LogP contribution in [-0.2, 0) is 0 Å². The lowest BCUT2D eigenvalue weighted by molar-refractivity contribution is 0.354. The topological polar surface area (TPSA) is 56.5 Å². The molecule has 5 heteroatoms. The Morgan fingerprint density at radius 1 is 1.47 bits per heavy atom. The quantitative estimate of drug-likeness (QED) is 0.479. The van der Waals surface area contributed by atoms with Crippen LogP contribution in [0.1, 0.15) is 18.0 Å². The molecule has 0 bridgehead atoms. The Morgan fingerprint density at radius 2 is 2.18 bits per heavy atom. The predicted octanol–water partition coefficient (Wildman–Crippen LogP) is 1.88. The highest BCUT2D eigenvalue weighted by Gasteiger charge is 2.15. The van der Waals surface area contributed by atoms with E-state index in [2.05, 4.69) is 11.3 Å². The van der Waals surface area contributed by atoms with Crippen LogP contribution in [0.15, 0.2) is 12.1 Å². The van der Waals surface area contributed by atoms with Crippen molar-refractivity contribution in [2.24, 2.45) is 5.84 Å². The summed E-state index contributed by atoms with van der Waals surface area (Å²) < 4.78 is 10.3. The van der Waals surface area contributed by atoms with Crippen LogP contribution in [0.5, 0.6) is 11.5 Å². The summed E-state index contributed by atoms with van der Waals surface area (Å²) in [6.45, 7) is 0. The summed E-state index contributed by atoms with van der Waals surface area (Å²) in [5, 5.41) is 0.458. The lowest BCUT2D eigenvalue weighted by atomic mass is 10.0. The second kappa shape index (κ2) is 6.36. The minimum atomic E-state index is -0.169. The predicted molar refractivity (Wildman–Crippen MR) is 68.1 cm³/mol. The number of hydrogen-bond donors (Lipinski definition) is 2. The van der Waals surface area contributed by atoms with E-state index in [1.54, 1.807) is 19.2 Å². The highest BCUT2D eigenvalue weighted by Crippen LogP contribution is 2.37. The van der Waals surface area contributed by atoms with Gasteiger partial charge in [-0.25, -0.2) is 0 Å². The van der Waals surface area contributed by atoms with E-state index in [1.807, 2.05) is 0 Å². The zero-order valence-electron chi connectivity index (χ0n) is 9.79. The van der Waals surface area contributed by atoms with Crippen molar-refractivity contribution in [3.8, 4) is 23.8 Å². The minimum absolute atomic E-state index is 0.169. The number of benzene rings is 1. The molecule has 3 N–H and O–H groups in total. The van der Waals surface area contributed by atoms with E-state index in [4.69, 9.17) is 33.3 Å². The SMILES string of the molecule is C#CCC(NN)c1cc(Cl)c(OC)c(OC)c1. The second-order valence-corrected chi connectivity index (χ2v) is 3.77. The van der Waals surface area contributed by atoms with Crippen LogP contribution in [-0.4, -0.2) is 14.2 Å². The summed E-state index contributed by atoms with van der Waals surface area (Å²) in [6.07, 6.45) is 5.73. The standard InChI is InChI=1S/C12H15ClN2O2/c1-4-5-10(15-14)8-6-9(13)12(17-3)11(7-8)16-2/h1,6-7,10,15H,5,14H2,2-3H3. The number of hydrazine groups is 1. The van der Waals surface area contributed by atoms with Crippen molar-refractivity contribution in [1.82, 2.24) is 5.43 Å². The summed E-state index contributed by atoms with van der Waals surface area (Å²) in [5.74, 6) is 9.03. The lowest BCUT2D eigenvalue weighted by Gasteiger charge is -2.17. The number of halogens is 1. The third kappa shape index (κ3) is 3.04. The van der Waals surface area contributed by atoms with Crippen LogP contribution in [0.4, 0.5) is 0 Å². The molecule has 0 heterocycles. The van der Waals surface area contributed by atoms with E-state index in [0.29, 0.717) is 22.9 Å². The van der Waals surface area contributed by atoms with E-state index in [0.717, 1.165) is 5.56 Å². The van der Waals surface area contributed by atoms with Crippen molar-refractivity contribution in [3.63, 3.8) is 0 Å². The molecule has 0 aliphatic carbocycles. The number of hydrogen-bond acceptors (Lipinski definition) is 4. The number of rotatable bonds is 5. The molecule has 0 radical (unpaired) electrons. The molecule has 0 aliphatic rings. The Hall–Kier alpha value is -1.41. The molecular weight excluding hydrogens is 240 g/mol. The van der Waals surface area contributed by atoms with Crippen LogP contribution in [0.25, 0.3) is 0 Å². The van der Waals surface area contributed by atoms with Gasteiger partial charge >= 0.3 is 0 Å². The van der Waals surface area contributed by atoms with E-state index in [1.165, 1.54) is 7.11 Å². The van der Waals surface area contributed by atoms with Gasteiger partial charge in [0.15, 0.2) is 11.5 Å². The summed E-state index contributed by atoms with van der Waals surface area (Å²) in [6, 6.07) is 3.38. The third-order valence-corrected chi connectivity index (χ3v) is 2.66. The number of ether oxygens (including phenoxy) is 2. The van der Waals surface area contributed by atoms with Crippen molar-refractivity contribution in [1.29, 1.82) is 0 Å². The highest BCUT2D eigenvalue weighted by molar-refractivity contribution is 6.32. The van der Waals surface area contributed by atoms with Crippen LogP contribution >= 0.6 is 11.6 Å². The monoisotopic (exact) mass is 254 g/mol. The van der Waals surface area contributed by atoms with Gasteiger partial charge in [-0.15, -0.1) is 12.3 Å². The van der Waals surface area contributed by atoms with Crippen molar-refractivity contribution in [2.75, 3.05) is 14.2 Å². The second-order valence-electron chi connectivity index (χ2n) is 3.37. The minimum Gasteiger partial charge on any atom is -0.493 e. The Labute approximate surface area is 106 Å². The molecule has 0 aliphatic heterocycles. The number of nitrogens with two attached hydrogens (primary N) is 1. The third-order valence-electron chi connectivity index (χ3n) is 2.38. The molecule has 1 aromatic carbocycles. The smallest absolute Gasteiger partial charge is 0.179 e. The first-order valence-electron chi connectivity index (χ1n) is 4.98. The maximum absolute atomic E-state index is 6.09. The van der Waals surface area contributed by atoms with Gasteiger partial charge in [-0.05, 0) is 17.7 Å². The first-order chi connectivity index (χ1) is 8.17. The summed E-state index contributed by atoms with van der Waals surface area (Å²) in [5.41, 5.74) is 3.49. The number of nitrogens with one attached hydrogen (secondary N) is 1. The first kappa shape index (κ1) is 13.7. The summed E-state index contributed by atoms with van der Waals surface area (Å²) >= 11 is 6.09. The van der Waals surface area contributed by atoms with Gasteiger partial charge in [0.05, 0.1) is 25.3 Å². The average Bonchev–Trinajstić information content (AvgIpc) is 2.34. The fourth-order valence-electron chi connectivity index (χ4n) is 1.53. The van der Waals surface area contributed by atoms with Crippen molar-refractivity contribution in [2.45, 2.75) is 12.5 Å². The molecule has 0 saturated carbocycles. The van der Waals surface area contributed by atoms with E-state index in [9.17, 15) is 0 Å². The van der Waals surface area contributed by atoms with E-state index in [-0.39, 0.29) is 6.04 Å². The van der Waals surface area contributed by atoms with Crippen LogP contribution in [0, 0.1) is 12.3 Å². The Bertz CT molecular complexity index is 429. The van der Waals surface area contributed by atoms with Crippen LogP contribution in [0.3, 0.4) is 0 Å². The Morgan fingerprint density at radius 3 is 2.65 bits per heavy atom. The molecule has 0 saturated heterocycles. The summed E-state index contributed by atoms with van der Waals surface area (Å²) in [4.78, 5) is 0. The van der Waals surface area contributed by atoms with E-state index >= 15 is 0 Å². The Kier molecular flexibility index (Phi) is 5.11. The molecule has 4 nitrogen and oxygen atoms in total. The van der Waals surface area contributed by atoms with Gasteiger partial charge < -0.3 is 9.47 Å². The highest BCUT2D eigenvalue weighted by atomic mass is 35.5. The van der Waals surface area contributed by atoms with E-state index < -0.39 is 0 Å². The van der Waals surface area contributed by atoms with Gasteiger partial charge in [0.2, 0.25) is 0 Å². The fourth-order valence-corrected chi connectivity index (χ4v) is 1.83. The Balaban J connectivity index is 3.19. The van der Waals surface area contributed by atoms with Crippen LogP contribution < -0.4 is 20.7 Å². The van der Waals surface area contributed by atoms with Gasteiger partial charge in [-0.2, -0.15) is 0 Å². The average molecular weight is 255 g/mol. The zero-order chi connectivity index (χ0) is 12.8. The van der Waals surface area contributed by atoms with Crippen molar-refractivity contribution in [3.05, 3.63) is 22.7 Å². The molecule has 1 atom stereocenters. The van der Waals surface area contributed by atoms with Gasteiger partial charge in [-0.1, -0.05) is 11.6 Å². The van der Waals surface area contributed by atoms with Gasteiger partial charge in [0, 0.05) is 6.42 Å². The number of methoxy groups -OCH3 is 2. The molecule has 0 aromatic heterocycles. The maximum Gasteiger partial charge on any atom is 0.179 e. The molecule has 1 rings (SSSR count). The lowest BCUT2D eigenvalue weighted by Crippen LogP contribution is -2.27. The van der Waals surface area contributed by atoms with Gasteiger partial charge in [0.25, 0.3) is 0 Å².